The molecule has 0 aliphatic rings. The number of amides is 2. The lowest BCUT2D eigenvalue weighted by Gasteiger charge is -2.22. The number of nitriles is 1. The van der Waals surface area contributed by atoms with Crippen molar-refractivity contribution in [3.8, 4) is 6.07 Å². The summed E-state index contributed by atoms with van der Waals surface area (Å²) in [6, 6.07) is 8.74. The van der Waals surface area contributed by atoms with Crippen LogP contribution < -0.4 is 10.2 Å². The fraction of sp³-hybridized carbons (Fsp3) is 0.357. The van der Waals surface area contributed by atoms with E-state index in [4.69, 9.17) is 5.26 Å². The molecular weight excluding hydrogens is 242 g/mol. The molecule has 0 aliphatic heterocycles. The first-order chi connectivity index (χ1) is 8.95. The van der Waals surface area contributed by atoms with Crippen LogP contribution in [0.2, 0.25) is 0 Å². The number of rotatable bonds is 4. The van der Waals surface area contributed by atoms with Gasteiger partial charge < -0.3 is 10.2 Å². The molecular formula is C14H17N3O2. The van der Waals surface area contributed by atoms with Gasteiger partial charge >= 0.3 is 0 Å². The minimum Gasteiger partial charge on any atom is -0.352 e. The van der Waals surface area contributed by atoms with E-state index in [1.165, 1.54) is 11.8 Å². The summed E-state index contributed by atoms with van der Waals surface area (Å²) in [6.45, 7) is 4.97. The van der Waals surface area contributed by atoms with Gasteiger partial charge in [0.15, 0.2) is 0 Å². The van der Waals surface area contributed by atoms with E-state index >= 15 is 0 Å². The van der Waals surface area contributed by atoms with Gasteiger partial charge in [0.1, 0.15) is 12.6 Å². The van der Waals surface area contributed by atoms with Gasteiger partial charge in [-0.3, -0.25) is 9.59 Å². The standard InChI is InChI=1S/C14H17N3O2/c1-10(2)16-14(19)9-17(11(3)18)13-7-5-4-6-12(13)8-15/h4-7,10H,9H2,1-3H3,(H,16,19). The van der Waals surface area contributed by atoms with E-state index in [2.05, 4.69) is 5.32 Å². The lowest BCUT2D eigenvalue weighted by molar-refractivity contribution is -0.123. The van der Waals surface area contributed by atoms with Crippen LogP contribution in [0.25, 0.3) is 0 Å². The first-order valence-corrected chi connectivity index (χ1v) is 6.02. The number of carbonyl (C=O) groups is 2. The summed E-state index contributed by atoms with van der Waals surface area (Å²) in [5, 5.41) is 11.8. The molecule has 0 heterocycles. The third-order valence-corrected chi connectivity index (χ3v) is 2.45. The molecule has 1 rings (SSSR count). The molecule has 19 heavy (non-hydrogen) atoms. The molecule has 1 aromatic carbocycles. The molecule has 0 aliphatic carbocycles. The number of nitrogens with one attached hydrogen (secondary N) is 1. The highest BCUT2D eigenvalue weighted by molar-refractivity contribution is 5.98. The predicted octanol–water partition coefficient (Wildman–Crippen LogP) is 1.44. The topological polar surface area (TPSA) is 73.2 Å². The largest absolute Gasteiger partial charge is 0.352 e. The van der Waals surface area contributed by atoms with E-state index < -0.39 is 0 Å². The smallest absolute Gasteiger partial charge is 0.240 e. The molecule has 0 unspecified atom stereocenters. The Balaban J connectivity index is 2.99. The molecule has 0 aromatic heterocycles. The van der Waals surface area contributed by atoms with Crippen LogP contribution in [-0.4, -0.2) is 24.4 Å². The van der Waals surface area contributed by atoms with Crippen molar-refractivity contribution in [2.24, 2.45) is 0 Å². The van der Waals surface area contributed by atoms with E-state index in [1.54, 1.807) is 24.3 Å². The third kappa shape index (κ3) is 4.11. The Labute approximate surface area is 112 Å². The zero-order valence-corrected chi connectivity index (χ0v) is 11.3. The fourth-order valence-electron chi connectivity index (χ4n) is 1.68. The normalized spacial score (nSPS) is 9.84. The van der Waals surface area contributed by atoms with Crippen LogP contribution in [0, 0.1) is 11.3 Å². The van der Waals surface area contributed by atoms with Crippen molar-refractivity contribution in [1.29, 1.82) is 5.26 Å². The maximum atomic E-state index is 11.8. The summed E-state index contributed by atoms with van der Waals surface area (Å²) in [5.74, 6) is -0.528. The Hall–Kier alpha value is -2.35. The molecule has 5 nitrogen and oxygen atoms in total. The van der Waals surface area contributed by atoms with Crippen molar-refractivity contribution in [3.05, 3.63) is 29.8 Å². The van der Waals surface area contributed by atoms with Crippen LogP contribution in [0.15, 0.2) is 24.3 Å². The quantitative estimate of drug-likeness (QED) is 0.889. The number of nitrogens with zero attached hydrogens (tertiary/aromatic N) is 2. The highest BCUT2D eigenvalue weighted by Crippen LogP contribution is 2.19. The highest BCUT2D eigenvalue weighted by Gasteiger charge is 2.18. The minimum absolute atomic E-state index is 0.00696. The Kier molecular flexibility index (Phi) is 5.07. The molecule has 0 spiro atoms. The van der Waals surface area contributed by atoms with Crippen LogP contribution in [0.5, 0.6) is 0 Å². The van der Waals surface area contributed by atoms with Crippen molar-refractivity contribution in [2.45, 2.75) is 26.8 Å². The summed E-state index contributed by atoms with van der Waals surface area (Å²) in [4.78, 5) is 24.7. The molecule has 0 radical (unpaired) electrons. The minimum atomic E-state index is -0.276. The second-order valence-electron chi connectivity index (χ2n) is 4.46. The summed E-state index contributed by atoms with van der Waals surface area (Å²) < 4.78 is 0. The van der Waals surface area contributed by atoms with Gasteiger partial charge in [-0.2, -0.15) is 5.26 Å². The zero-order chi connectivity index (χ0) is 14.4. The Bertz CT molecular complexity index is 518. The maximum Gasteiger partial charge on any atom is 0.240 e. The van der Waals surface area contributed by atoms with Crippen LogP contribution in [0.3, 0.4) is 0 Å². The molecule has 5 heteroatoms. The van der Waals surface area contributed by atoms with Gasteiger partial charge in [-0.15, -0.1) is 0 Å². The van der Waals surface area contributed by atoms with Gasteiger partial charge in [-0.1, -0.05) is 12.1 Å². The number of para-hydroxylation sites is 1. The molecule has 100 valence electrons. The maximum absolute atomic E-state index is 11.8. The third-order valence-electron chi connectivity index (χ3n) is 2.45. The van der Waals surface area contributed by atoms with E-state index in [-0.39, 0.29) is 24.4 Å². The lowest BCUT2D eigenvalue weighted by Crippen LogP contribution is -2.42. The highest BCUT2D eigenvalue weighted by atomic mass is 16.2. The fourth-order valence-corrected chi connectivity index (χ4v) is 1.68. The van der Waals surface area contributed by atoms with Gasteiger partial charge in [0.05, 0.1) is 11.3 Å². The summed E-state index contributed by atoms with van der Waals surface area (Å²) in [6.07, 6.45) is 0. The average molecular weight is 259 g/mol. The summed E-state index contributed by atoms with van der Waals surface area (Å²) >= 11 is 0. The van der Waals surface area contributed by atoms with Crippen LogP contribution >= 0.6 is 0 Å². The number of hydrogen-bond acceptors (Lipinski definition) is 3. The number of carbonyl (C=O) groups excluding carboxylic acids is 2. The average Bonchev–Trinajstić information content (AvgIpc) is 2.34. The molecule has 1 aromatic rings. The van der Waals surface area contributed by atoms with Gasteiger partial charge in [0.25, 0.3) is 0 Å². The Morgan fingerprint density at radius 2 is 2.00 bits per heavy atom. The Morgan fingerprint density at radius 3 is 2.53 bits per heavy atom. The van der Waals surface area contributed by atoms with Gasteiger partial charge in [0, 0.05) is 13.0 Å². The Morgan fingerprint density at radius 1 is 1.37 bits per heavy atom. The number of anilines is 1. The van der Waals surface area contributed by atoms with Gasteiger partial charge in [0.2, 0.25) is 11.8 Å². The van der Waals surface area contributed by atoms with Crippen molar-refractivity contribution in [1.82, 2.24) is 5.32 Å². The van der Waals surface area contributed by atoms with Crippen molar-refractivity contribution < 1.29 is 9.59 Å². The zero-order valence-electron chi connectivity index (χ0n) is 11.3. The first-order valence-electron chi connectivity index (χ1n) is 6.02. The molecule has 2 amide bonds. The van der Waals surface area contributed by atoms with Crippen molar-refractivity contribution in [3.63, 3.8) is 0 Å². The second-order valence-corrected chi connectivity index (χ2v) is 4.46. The second kappa shape index (κ2) is 6.55. The molecule has 0 saturated heterocycles. The van der Waals surface area contributed by atoms with Crippen LogP contribution in [0.4, 0.5) is 5.69 Å². The van der Waals surface area contributed by atoms with E-state index in [1.807, 2.05) is 19.9 Å². The number of hydrogen-bond donors (Lipinski definition) is 1. The predicted molar refractivity (Wildman–Crippen MR) is 72.5 cm³/mol. The lowest BCUT2D eigenvalue weighted by atomic mass is 10.1. The SMILES string of the molecule is CC(=O)N(CC(=O)NC(C)C)c1ccccc1C#N. The van der Waals surface area contributed by atoms with Gasteiger partial charge in [-0.25, -0.2) is 0 Å². The molecule has 0 fully saturated rings. The molecule has 0 atom stereocenters. The number of benzene rings is 1. The monoisotopic (exact) mass is 259 g/mol. The first kappa shape index (κ1) is 14.7. The van der Waals surface area contributed by atoms with Crippen LogP contribution in [-0.2, 0) is 9.59 Å². The van der Waals surface area contributed by atoms with Crippen molar-refractivity contribution >= 4 is 17.5 Å². The molecule has 1 N–H and O–H groups in total. The molecule has 0 bridgehead atoms. The van der Waals surface area contributed by atoms with Crippen LogP contribution in [0.1, 0.15) is 26.3 Å². The van der Waals surface area contributed by atoms with Crippen molar-refractivity contribution in [2.75, 3.05) is 11.4 Å². The van der Waals surface area contributed by atoms with E-state index in [0.29, 0.717) is 11.3 Å². The van der Waals surface area contributed by atoms with Gasteiger partial charge in [-0.05, 0) is 26.0 Å². The van der Waals surface area contributed by atoms with E-state index in [9.17, 15) is 9.59 Å². The molecule has 0 saturated carbocycles. The van der Waals surface area contributed by atoms with E-state index in [0.717, 1.165) is 0 Å². The summed E-state index contributed by atoms with van der Waals surface area (Å²) in [7, 11) is 0. The summed E-state index contributed by atoms with van der Waals surface area (Å²) in [5.41, 5.74) is 0.825.